The van der Waals surface area contributed by atoms with E-state index in [0.29, 0.717) is 23.9 Å². The van der Waals surface area contributed by atoms with Crippen LogP contribution in [0.1, 0.15) is 34.1 Å². The summed E-state index contributed by atoms with van der Waals surface area (Å²) in [5.41, 5.74) is 0.664. The zero-order chi connectivity index (χ0) is 15.4. The number of nitrogens with one attached hydrogen (secondary N) is 1. The molecule has 20 heavy (non-hydrogen) atoms. The smallest absolute Gasteiger partial charge is 0.342 e. The molecule has 5 nitrogen and oxygen atoms in total. The lowest BCUT2D eigenvalue weighted by Crippen LogP contribution is -2.49. The minimum absolute atomic E-state index is 0.0143. The van der Waals surface area contributed by atoms with Crippen molar-refractivity contribution >= 4 is 18.7 Å². The van der Waals surface area contributed by atoms with Gasteiger partial charge in [-0.15, -0.1) is 6.58 Å². The van der Waals surface area contributed by atoms with Crippen LogP contribution >= 0.6 is 0 Å². The van der Waals surface area contributed by atoms with Gasteiger partial charge in [0.2, 0.25) is 11.8 Å². The second-order valence-electron chi connectivity index (χ2n) is 6.05. The van der Waals surface area contributed by atoms with E-state index in [2.05, 4.69) is 25.7 Å². The molecule has 0 aromatic heterocycles. The molecule has 0 radical (unpaired) electrons. The fourth-order valence-corrected chi connectivity index (χ4v) is 2.60. The SMILES string of the molecule is C=C(C)B(O)C1CC(C(C)C)CN1C(=O)CNC(C)=O. The maximum atomic E-state index is 12.2. The molecular formula is C14H25BN2O3. The van der Waals surface area contributed by atoms with Crippen LogP contribution in [-0.2, 0) is 9.59 Å². The Hall–Kier alpha value is -1.30. The first-order valence-electron chi connectivity index (χ1n) is 7.11. The number of allylic oxidation sites excluding steroid dienone is 1. The van der Waals surface area contributed by atoms with Crippen molar-refractivity contribution < 1.29 is 14.6 Å². The first kappa shape index (κ1) is 16.8. The molecule has 1 rings (SSSR count). The second kappa shape index (κ2) is 6.93. The molecule has 2 unspecified atom stereocenters. The van der Waals surface area contributed by atoms with Crippen LogP contribution in [-0.4, -0.2) is 47.7 Å². The van der Waals surface area contributed by atoms with Gasteiger partial charge in [-0.1, -0.05) is 19.3 Å². The molecule has 112 valence electrons. The van der Waals surface area contributed by atoms with Gasteiger partial charge in [-0.05, 0) is 25.2 Å². The maximum Gasteiger partial charge on any atom is 0.342 e. The van der Waals surface area contributed by atoms with Crippen molar-refractivity contribution in [2.24, 2.45) is 11.8 Å². The van der Waals surface area contributed by atoms with E-state index in [9.17, 15) is 14.6 Å². The van der Waals surface area contributed by atoms with Crippen LogP contribution in [0.3, 0.4) is 0 Å². The highest BCUT2D eigenvalue weighted by atomic mass is 16.2. The Labute approximate surface area is 121 Å². The third kappa shape index (κ3) is 4.10. The average molecular weight is 280 g/mol. The molecule has 0 saturated carbocycles. The molecule has 2 N–H and O–H groups in total. The second-order valence-corrected chi connectivity index (χ2v) is 6.05. The fraction of sp³-hybridized carbons (Fsp3) is 0.714. The normalized spacial score (nSPS) is 22.0. The monoisotopic (exact) mass is 280 g/mol. The molecule has 1 aliphatic heterocycles. The van der Waals surface area contributed by atoms with Crippen LogP contribution < -0.4 is 5.32 Å². The number of nitrogens with zero attached hydrogens (tertiary/aromatic N) is 1. The van der Waals surface area contributed by atoms with Crippen LogP contribution in [0.2, 0.25) is 0 Å². The van der Waals surface area contributed by atoms with Gasteiger partial charge in [0.15, 0.2) is 0 Å². The largest absolute Gasteiger partial charge is 0.445 e. The molecule has 2 amide bonds. The molecule has 0 bridgehead atoms. The van der Waals surface area contributed by atoms with Gasteiger partial charge in [0.05, 0.1) is 6.54 Å². The Morgan fingerprint density at radius 1 is 1.45 bits per heavy atom. The quantitative estimate of drug-likeness (QED) is 0.726. The van der Waals surface area contributed by atoms with Crippen molar-refractivity contribution in [2.45, 2.75) is 40.1 Å². The van der Waals surface area contributed by atoms with Gasteiger partial charge < -0.3 is 15.2 Å². The Kier molecular flexibility index (Phi) is 5.81. The molecule has 1 heterocycles. The molecule has 1 saturated heterocycles. The number of amides is 2. The van der Waals surface area contributed by atoms with Crippen LogP contribution in [0.15, 0.2) is 12.1 Å². The zero-order valence-corrected chi connectivity index (χ0v) is 12.8. The molecule has 1 aliphatic rings. The Morgan fingerprint density at radius 3 is 2.50 bits per heavy atom. The molecule has 0 aromatic carbocycles. The molecule has 6 heteroatoms. The number of rotatable bonds is 5. The van der Waals surface area contributed by atoms with E-state index < -0.39 is 6.92 Å². The molecular weight excluding hydrogens is 255 g/mol. The van der Waals surface area contributed by atoms with Crippen LogP contribution in [0, 0.1) is 11.8 Å². The third-order valence-corrected chi connectivity index (χ3v) is 4.00. The van der Waals surface area contributed by atoms with Crippen molar-refractivity contribution in [3.63, 3.8) is 0 Å². The third-order valence-electron chi connectivity index (χ3n) is 4.00. The molecule has 0 aromatic rings. The van der Waals surface area contributed by atoms with E-state index >= 15 is 0 Å². The van der Waals surface area contributed by atoms with Gasteiger partial charge in [-0.2, -0.15) is 0 Å². The molecule has 2 atom stereocenters. The highest BCUT2D eigenvalue weighted by molar-refractivity contribution is 6.60. The summed E-state index contributed by atoms with van der Waals surface area (Å²) >= 11 is 0. The van der Waals surface area contributed by atoms with Crippen molar-refractivity contribution in [1.29, 1.82) is 0 Å². The lowest BCUT2D eigenvalue weighted by molar-refractivity contribution is -0.132. The summed E-state index contributed by atoms with van der Waals surface area (Å²) in [7, 11) is 0. The summed E-state index contributed by atoms with van der Waals surface area (Å²) in [5.74, 6) is 0.216. The summed E-state index contributed by atoms with van der Waals surface area (Å²) in [5, 5.41) is 12.8. The van der Waals surface area contributed by atoms with Gasteiger partial charge in [0.25, 0.3) is 0 Å². The van der Waals surface area contributed by atoms with Gasteiger partial charge in [-0.3, -0.25) is 9.59 Å². The fourth-order valence-electron chi connectivity index (χ4n) is 2.60. The van der Waals surface area contributed by atoms with E-state index in [-0.39, 0.29) is 24.3 Å². The predicted molar refractivity (Wildman–Crippen MR) is 79.9 cm³/mol. The van der Waals surface area contributed by atoms with Crippen molar-refractivity contribution in [3.8, 4) is 0 Å². The summed E-state index contributed by atoms with van der Waals surface area (Å²) in [4.78, 5) is 24.8. The highest BCUT2D eigenvalue weighted by Crippen LogP contribution is 2.30. The summed E-state index contributed by atoms with van der Waals surface area (Å²) < 4.78 is 0. The minimum atomic E-state index is -0.708. The number of hydrogen-bond acceptors (Lipinski definition) is 3. The van der Waals surface area contributed by atoms with Crippen molar-refractivity contribution in [1.82, 2.24) is 10.2 Å². The van der Waals surface area contributed by atoms with Crippen molar-refractivity contribution in [3.05, 3.63) is 12.1 Å². The first-order valence-corrected chi connectivity index (χ1v) is 7.11. The summed E-state index contributed by atoms with van der Waals surface area (Å²) in [6.07, 6.45) is 0.775. The standard InChI is InChI=1S/C14H25BN2O3/c1-9(2)12-6-13(15(20)10(3)4)17(8-12)14(19)7-16-11(5)18/h9,12-13,20H,3,6-8H2,1-2,4-5H3,(H,16,18). The van der Waals surface area contributed by atoms with Crippen molar-refractivity contribution in [2.75, 3.05) is 13.1 Å². The van der Waals surface area contributed by atoms with Crippen LogP contribution in [0.25, 0.3) is 0 Å². The first-order chi connectivity index (χ1) is 9.23. The Morgan fingerprint density at radius 2 is 2.05 bits per heavy atom. The summed E-state index contributed by atoms with van der Waals surface area (Å²) in [6, 6.07) is 0. The zero-order valence-electron chi connectivity index (χ0n) is 12.8. The average Bonchev–Trinajstić information content (AvgIpc) is 2.79. The van der Waals surface area contributed by atoms with E-state index in [4.69, 9.17) is 0 Å². The van der Waals surface area contributed by atoms with Gasteiger partial charge >= 0.3 is 6.92 Å². The number of carbonyl (C=O) groups excluding carboxylic acids is 2. The van der Waals surface area contributed by atoms with E-state index in [1.54, 1.807) is 11.8 Å². The number of hydrogen-bond donors (Lipinski definition) is 2. The topological polar surface area (TPSA) is 69.6 Å². The van der Waals surface area contributed by atoms with Gasteiger partial charge in [0.1, 0.15) is 0 Å². The van der Waals surface area contributed by atoms with Crippen LogP contribution in [0.4, 0.5) is 0 Å². The van der Waals surface area contributed by atoms with Crippen LogP contribution in [0.5, 0.6) is 0 Å². The lowest BCUT2D eigenvalue weighted by Gasteiger charge is -2.27. The van der Waals surface area contributed by atoms with Gasteiger partial charge in [-0.25, -0.2) is 0 Å². The van der Waals surface area contributed by atoms with Gasteiger partial charge in [0, 0.05) is 19.4 Å². The van der Waals surface area contributed by atoms with E-state index in [0.717, 1.165) is 6.42 Å². The highest BCUT2D eigenvalue weighted by Gasteiger charge is 2.42. The molecule has 0 aliphatic carbocycles. The summed E-state index contributed by atoms with van der Waals surface area (Å²) in [6.45, 7) is 11.1. The minimum Gasteiger partial charge on any atom is -0.445 e. The van der Waals surface area contributed by atoms with E-state index in [1.807, 2.05) is 0 Å². The Balaban J connectivity index is 2.80. The number of likely N-dealkylation sites (tertiary alicyclic amines) is 1. The van der Waals surface area contributed by atoms with E-state index in [1.165, 1.54) is 6.92 Å². The predicted octanol–water partition coefficient (Wildman–Crippen LogP) is 0.634. The molecule has 1 fully saturated rings. The molecule has 0 spiro atoms. The lowest BCUT2D eigenvalue weighted by atomic mass is 9.54. The number of carbonyl (C=O) groups is 2. The maximum absolute atomic E-state index is 12.2. The Bertz CT molecular complexity index is 398.